The van der Waals surface area contributed by atoms with Gasteiger partial charge in [-0.05, 0) is 54.6 Å². The van der Waals surface area contributed by atoms with Gasteiger partial charge in [0.2, 0.25) is 0 Å². The molecule has 0 saturated carbocycles. The number of benzene rings is 4. The van der Waals surface area contributed by atoms with Crippen LogP contribution in [-0.4, -0.2) is 18.8 Å². The summed E-state index contributed by atoms with van der Waals surface area (Å²) in [4.78, 5) is 12.5. The summed E-state index contributed by atoms with van der Waals surface area (Å²) in [6.07, 6.45) is 0. The second-order valence-corrected chi connectivity index (χ2v) is 8.90. The Labute approximate surface area is 188 Å². The average Bonchev–Trinajstić information content (AvgIpc) is 2.74. The van der Waals surface area contributed by atoms with Crippen molar-refractivity contribution >= 4 is 49.9 Å². The summed E-state index contributed by atoms with van der Waals surface area (Å²) in [7, 11) is -4.38. The quantitative estimate of drug-likeness (QED) is 0.267. The lowest BCUT2D eigenvalue weighted by Gasteiger charge is -2.11. The number of hydrogen-bond donors (Lipinski definition) is 1. The van der Waals surface area contributed by atoms with E-state index < -0.39 is 10.1 Å². The molecule has 0 aliphatic rings. The smallest absolute Gasteiger partial charge is 0.295 e. The predicted molar refractivity (Wildman–Crippen MR) is 120 cm³/mol. The molecular formula is C23H14Cl2O5S. The Morgan fingerprint density at radius 3 is 2.23 bits per heavy atom. The van der Waals surface area contributed by atoms with E-state index in [0.717, 1.165) is 0 Å². The lowest BCUT2D eigenvalue weighted by molar-refractivity contribution is 0.103. The number of rotatable bonds is 5. The Morgan fingerprint density at radius 2 is 1.52 bits per heavy atom. The number of carbonyl (C=O) groups excluding carboxylic acids is 1. The Kier molecular flexibility index (Phi) is 5.73. The molecule has 0 fully saturated rings. The summed E-state index contributed by atoms with van der Waals surface area (Å²) in [5.41, 5.74) is 0.706. The summed E-state index contributed by atoms with van der Waals surface area (Å²) in [5.74, 6) is 0.570. The maximum absolute atomic E-state index is 12.7. The fraction of sp³-hybridized carbons (Fsp3) is 0. The van der Waals surface area contributed by atoms with Crippen LogP contribution < -0.4 is 4.74 Å². The molecule has 1 N–H and O–H groups in total. The Bertz CT molecular complexity index is 1410. The number of halogens is 2. The third kappa shape index (κ3) is 4.43. The molecule has 31 heavy (non-hydrogen) atoms. The first-order valence-corrected chi connectivity index (χ1v) is 11.2. The SMILES string of the molecule is O=C(c1ccc(Oc2cccc3c(S(=O)(=O)O)cccc23)cc1)c1cc(Cl)ccc1Cl. The van der Waals surface area contributed by atoms with Crippen molar-refractivity contribution in [3.8, 4) is 11.5 Å². The van der Waals surface area contributed by atoms with Gasteiger partial charge < -0.3 is 4.74 Å². The van der Waals surface area contributed by atoms with Crippen molar-refractivity contribution in [3.05, 3.63) is 100 Å². The standard InChI is InChI=1S/C23H14Cl2O5S/c24-15-9-12-20(25)19(13-15)23(26)14-7-10-16(11-8-14)30-21-5-1-4-18-17(21)3-2-6-22(18)31(27,28)29/h1-13H,(H,27,28,29). The van der Waals surface area contributed by atoms with Gasteiger partial charge in [-0.1, -0.05) is 47.5 Å². The summed E-state index contributed by atoms with van der Waals surface area (Å²) in [6, 6.07) is 20.6. The van der Waals surface area contributed by atoms with E-state index in [2.05, 4.69) is 0 Å². The van der Waals surface area contributed by atoms with E-state index in [-0.39, 0.29) is 10.7 Å². The van der Waals surface area contributed by atoms with E-state index in [4.69, 9.17) is 27.9 Å². The lowest BCUT2D eigenvalue weighted by atomic mass is 10.0. The zero-order valence-electron chi connectivity index (χ0n) is 15.7. The Hall–Kier alpha value is -2.90. The molecule has 5 nitrogen and oxygen atoms in total. The second kappa shape index (κ2) is 8.32. The van der Waals surface area contributed by atoms with Crippen LogP contribution in [0.25, 0.3) is 10.8 Å². The first kappa shape index (κ1) is 21.3. The van der Waals surface area contributed by atoms with Gasteiger partial charge in [-0.3, -0.25) is 9.35 Å². The van der Waals surface area contributed by atoms with Crippen LogP contribution in [-0.2, 0) is 10.1 Å². The molecule has 0 aliphatic heterocycles. The third-order valence-electron chi connectivity index (χ3n) is 4.64. The maximum Gasteiger partial charge on any atom is 0.295 e. The topological polar surface area (TPSA) is 80.7 Å². The van der Waals surface area contributed by atoms with E-state index in [9.17, 15) is 17.8 Å². The van der Waals surface area contributed by atoms with Crippen LogP contribution in [0, 0.1) is 0 Å². The van der Waals surface area contributed by atoms with Gasteiger partial charge in [-0.15, -0.1) is 0 Å². The highest BCUT2D eigenvalue weighted by molar-refractivity contribution is 7.86. The normalized spacial score (nSPS) is 11.5. The maximum atomic E-state index is 12.7. The van der Waals surface area contributed by atoms with E-state index in [0.29, 0.717) is 43.4 Å². The minimum absolute atomic E-state index is 0.199. The highest BCUT2D eigenvalue weighted by Crippen LogP contribution is 2.33. The molecule has 8 heteroatoms. The number of hydrogen-bond acceptors (Lipinski definition) is 4. The van der Waals surface area contributed by atoms with Gasteiger partial charge in [-0.2, -0.15) is 8.42 Å². The minimum Gasteiger partial charge on any atom is -0.457 e. The molecule has 4 aromatic rings. The molecule has 0 aromatic heterocycles. The Morgan fingerprint density at radius 1 is 0.839 bits per heavy atom. The molecule has 0 atom stereocenters. The Balaban J connectivity index is 1.65. The monoisotopic (exact) mass is 472 g/mol. The molecule has 0 heterocycles. The van der Waals surface area contributed by atoms with E-state index >= 15 is 0 Å². The third-order valence-corrected chi connectivity index (χ3v) is 6.11. The molecule has 0 radical (unpaired) electrons. The van der Waals surface area contributed by atoms with Crippen LogP contribution >= 0.6 is 23.2 Å². The number of fused-ring (bicyclic) bond motifs is 1. The highest BCUT2D eigenvalue weighted by Gasteiger charge is 2.16. The van der Waals surface area contributed by atoms with Gasteiger partial charge in [-0.25, -0.2) is 0 Å². The first-order chi connectivity index (χ1) is 14.7. The zero-order chi connectivity index (χ0) is 22.2. The molecular weight excluding hydrogens is 459 g/mol. The van der Waals surface area contributed by atoms with Crippen LogP contribution in [0.3, 0.4) is 0 Å². The van der Waals surface area contributed by atoms with Crippen LogP contribution in [0.4, 0.5) is 0 Å². The predicted octanol–water partition coefficient (Wildman–Crippen LogP) is 6.42. The summed E-state index contributed by atoms with van der Waals surface area (Å²) >= 11 is 12.1. The number of ketones is 1. The molecule has 0 spiro atoms. The summed E-state index contributed by atoms with van der Waals surface area (Å²) < 4.78 is 38.7. The number of carbonyl (C=O) groups is 1. The van der Waals surface area contributed by atoms with Gasteiger partial charge in [0.25, 0.3) is 10.1 Å². The second-order valence-electron chi connectivity index (χ2n) is 6.66. The van der Waals surface area contributed by atoms with Gasteiger partial charge in [0.05, 0.1) is 5.02 Å². The van der Waals surface area contributed by atoms with Crippen molar-refractivity contribution in [2.75, 3.05) is 0 Å². The van der Waals surface area contributed by atoms with Crippen molar-refractivity contribution < 1.29 is 22.5 Å². The van der Waals surface area contributed by atoms with Crippen LogP contribution in [0.15, 0.2) is 83.8 Å². The molecule has 0 bridgehead atoms. The zero-order valence-corrected chi connectivity index (χ0v) is 18.1. The van der Waals surface area contributed by atoms with Gasteiger partial charge in [0.1, 0.15) is 16.4 Å². The fourth-order valence-electron chi connectivity index (χ4n) is 3.19. The van der Waals surface area contributed by atoms with Crippen LogP contribution in [0.5, 0.6) is 11.5 Å². The fourth-order valence-corrected chi connectivity index (χ4v) is 4.28. The van der Waals surface area contributed by atoms with Crippen molar-refractivity contribution in [1.82, 2.24) is 0 Å². The molecule has 0 unspecified atom stereocenters. The van der Waals surface area contributed by atoms with Gasteiger partial charge in [0, 0.05) is 26.9 Å². The molecule has 4 rings (SSSR count). The lowest BCUT2D eigenvalue weighted by Crippen LogP contribution is -2.02. The summed E-state index contributed by atoms with van der Waals surface area (Å²) in [6.45, 7) is 0. The van der Waals surface area contributed by atoms with Crippen molar-refractivity contribution in [1.29, 1.82) is 0 Å². The van der Waals surface area contributed by atoms with Gasteiger partial charge in [0.15, 0.2) is 5.78 Å². The van der Waals surface area contributed by atoms with Gasteiger partial charge >= 0.3 is 0 Å². The van der Waals surface area contributed by atoms with Crippen LogP contribution in [0.1, 0.15) is 15.9 Å². The molecule has 0 saturated heterocycles. The van der Waals surface area contributed by atoms with E-state index in [1.54, 1.807) is 60.7 Å². The highest BCUT2D eigenvalue weighted by atomic mass is 35.5. The molecule has 156 valence electrons. The summed E-state index contributed by atoms with van der Waals surface area (Å²) in [5, 5.41) is 1.57. The molecule has 0 aliphatic carbocycles. The van der Waals surface area contributed by atoms with E-state index in [1.165, 1.54) is 18.2 Å². The largest absolute Gasteiger partial charge is 0.457 e. The van der Waals surface area contributed by atoms with Crippen molar-refractivity contribution in [3.63, 3.8) is 0 Å². The van der Waals surface area contributed by atoms with Crippen LogP contribution in [0.2, 0.25) is 10.0 Å². The molecule has 4 aromatic carbocycles. The van der Waals surface area contributed by atoms with Crippen molar-refractivity contribution in [2.24, 2.45) is 0 Å². The first-order valence-electron chi connectivity index (χ1n) is 9.01. The van der Waals surface area contributed by atoms with Crippen molar-refractivity contribution in [2.45, 2.75) is 4.90 Å². The number of ether oxygens (including phenoxy) is 1. The average molecular weight is 473 g/mol. The van der Waals surface area contributed by atoms with E-state index in [1.807, 2.05) is 0 Å². The minimum atomic E-state index is -4.38. The molecule has 0 amide bonds.